The van der Waals surface area contributed by atoms with Gasteiger partial charge >= 0.3 is 5.97 Å². The van der Waals surface area contributed by atoms with Crippen molar-refractivity contribution in [1.29, 1.82) is 0 Å². The van der Waals surface area contributed by atoms with Crippen LogP contribution in [0.5, 0.6) is 5.75 Å². The second-order valence-electron chi connectivity index (χ2n) is 9.14. The number of unbranched alkanes of at least 4 members (excludes halogenated alkanes) is 1. The molecule has 0 saturated carbocycles. The maximum atomic E-state index is 14.1. The third-order valence-electron chi connectivity index (χ3n) is 6.07. The van der Waals surface area contributed by atoms with E-state index in [1.165, 1.54) is 18.0 Å². The van der Waals surface area contributed by atoms with E-state index in [0.29, 0.717) is 25.3 Å². The van der Waals surface area contributed by atoms with Gasteiger partial charge in [0.25, 0.3) is 5.91 Å². The third kappa shape index (κ3) is 6.70. The van der Waals surface area contributed by atoms with Gasteiger partial charge in [-0.2, -0.15) is 0 Å². The Hall–Kier alpha value is -3.36. The highest BCUT2D eigenvalue weighted by Crippen LogP contribution is 2.47. The zero-order chi connectivity index (χ0) is 26.2. The molecule has 1 aliphatic heterocycles. The molecule has 2 atom stereocenters. The predicted molar refractivity (Wildman–Crippen MR) is 146 cm³/mol. The quantitative estimate of drug-likeness (QED) is 0.268. The minimum absolute atomic E-state index is 0.246. The minimum atomic E-state index is -1.03. The fraction of sp³-hybridized carbons (Fsp3) is 0.345. The van der Waals surface area contributed by atoms with Crippen molar-refractivity contribution in [2.24, 2.45) is 0 Å². The molecule has 2 heterocycles. The number of aromatic nitrogens is 1. The molecule has 8 heteroatoms. The van der Waals surface area contributed by atoms with E-state index in [-0.39, 0.29) is 5.91 Å². The normalized spacial score (nSPS) is 17.3. The molecule has 0 radical (unpaired) electrons. The van der Waals surface area contributed by atoms with Gasteiger partial charge in [0, 0.05) is 30.4 Å². The van der Waals surface area contributed by atoms with Crippen LogP contribution in [-0.4, -0.2) is 61.7 Å². The van der Waals surface area contributed by atoms with Crippen LogP contribution in [0.4, 0.5) is 5.69 Å². The number of fused-ring (bicyclic) bond motifs is 1. The number of esters is 1. The first-order valence-electron chi connectivity index (χ1n) is 12.5. The number of benzene rings is 2. The van der Waals surface area contributed by atoms with Crippen molar-refractivity contribution in [2.45, 2.75) is 36.0 Å². The van der Waals surface area contributed by atoms with Gasteiger partial charge < -0.3 is 19.3 Å². The van der Waals surface area contributed by atoms with E-state index in [0.717, 1.165) is 34.7 Å². The number of rotatable bonds is 10. The molecule has 0 unspecified atom stereocenters. The van der Waals surface area contributed by atoms with Crippen molar-refractivity contribution in [3.8, 4) is 5.75 Å². The second kappa shape index (κ2) is 12.7. The monoisotopic (exact) mass is 519 g/mol. The Morgan fingerprint density at radius 3 is 2.57 bits per heavy atom. The van der Waals surface area contributed by atoms with Gasteiger partial charge in [0.05, 0.1) is 23.1 Å². The highest BCUT2D eigenvalue weighted by atomic mass is 32.2. The van der Waals surface area contributed by atoms with Gasteiger partial charge in [0.15, 0.2) is 6.10 Å². The largest absolute Gasteiger partial charge is 0.494 e. The van der Waals surface area contributed by atoms with Crippen LogP contribution < -0.4 is 9.64 Å². The smallest absolute Gasteiger partial charge is 0.340 e. The summed E-state index contributed by atoms with van der Waals surface area (Å²) in [6.45, 7) is 3.93. The highest BCUT2D eigenvalue weighted by Gasteiger charge is 2.41. The van der Waals surface area contributed by atoms with Crippen LogP contribution in [-0.2, 0) is 9.53 Å². The maximum Gasteiger partial charge on any atom is 0.340 e. The molecular weight excluding hydrogens is 486 g/mol. The summed E-state index contributed by atoms with van der Waals surface area (Å²) >= 11 is 1.54. The van der Waals surface area contributed by atoms with Crippen molar-refractivity contribution in [1.82, 2.24) is 9.88 Å². The van der Waals surface area contributed by atoms with Gasteiger partial charge in [0.1, 0.15) is 5.75 Å². The zero-order valence-corrected chi connectivity index (χ0v) is 22.3. The molecule has 0 bridgehead atoms. The Kier molecular flexibility index (Phi) is 9.19. The number of hydrogen-bond acceptors (Lipinski definition) is 7. The molecule has 0 fully saturated rings. The molecule has 0 aliphatic carbocycles. The average molecular weight is 520 g/mol. The number of pyridine rings is 1. The van der Waals surface area contributed by atoms with Crippen LogP contribution in [0, 0.1) is 0 Å². The number of thioether (sulfide) groups is 1. The lowest BCUT2D eigenvalue weighted by Crippen LogP contribution is -2.45. The summed E-state index contributed by atoms with van der Waals surface area (Å²) in [6.07, 6.45) is 4.06. The molecule has 194 valence electrons. The van der Waals surface area contributed by atoms with Crippen LogP contribution in [0.15, 0.2) is 78.0 Å². The van der Waals surface area contributed by atoms with E-state index >= 15 is 0 Å². The first kappa shape index (κ1) is 26.7. The van der Waals surface area contributed by atoms with Gasteiger partial charge in [-0.25, -0.2) is 4.79 Å². The third-order valence-corrected chi connectivity index (χ3v) is 7.44. The van der Waals surface area contributed by atoms with Gasteiger partial charge in [-0.3, -0.25) is 9.78 Å². The molecule has 3 aromatic rings. The van der Waals surface area contributed by atoms with Crippen LogP contribution in [0.1, 0.15) is 40.9 Å². The Morgan fingerprint density at radius 1 is 1.08 bits per heavy atom. The molecule has 1 amide bonds. The summed E-state index contributed by atoms with van der Waals surface area (Å²) in [5, 5.41) is -0.441. The molecule has 0 N–H and O–H groups in total. The Morgan fingerprint density at radius 2 is 1.86 bits per heavy atom. The van der Waals surface area contributed by atoms with Crippen molar-refractivity contribution in [2.75, 3.05) is 38.7 Å². The number of ether oxygens (including phenoxy) is 2. The number of hydrogen-bond donors (Lipinski definition) is 0. The maximum absolute atomic E-state index is 14.1. The summed E-state index contributed by atoms with van der Waals surface area (Å²) < 4.78 is 11.8. The van der Waals surface area contributed by atoms with Crippen LogP contribution in [0.2, 0.25) is 0 Å². The summed E-state index contributed by atoms with van der Waals surface area (Å²) in [4.78, 5) is 36.0. The number of para-hydroxylation sites is 1. The van der Waals surface area contributed by atoms with E-state index in [1.807, 2.05) is 67.5 Å². The van der Waals surface area contributed by atoms with E-state index in [1.54, 1.807) is 23.2 Å². The molecule has 7 nitrogen and oxygen atoms in total. The minimum Gasteiger partial charge on any atom is -0.494 e. The summed E-state index contributed by atoms with van der Waals surface area (Å²) in [5.74, 6) is -0.0426. The summed E-state index contributed by atoms with van der Waals surface area (Å²) in [6, 6.07) is 18.9. The number of likely N-dealkylation sites (N-methyl/N-ethyl adjacent to an activating group) is 1. The van der Waals surface area contributed by atoms with Gasteiger partial charge in [-0.1, -0.05) is 37.6 Å². The number of carbonyl (C=O) groups excluding carboxylic acids is 2. The van der Waals surface area contributed by atoms with E-state index < -0.39 is 17.3 Å². The lowest BCUT2D eigenvalue weighted by Gasteiger charge is -2.28. The number of carbonyl (C=O) groups is 2. The van der Waals surface area contributed by atoms with Crippen molar-refractivity contribution in [3.63, 3.8) is 0 Å². The molecule has 1 aromatic heterocycles. The standard InChI is InChI=1S/C29H33N3O4S/c1-4-5-19-35-23-14-12-21(13-15-23)27-26(36-29(34)22-9-8-16-30-20-22)28(33)32(18-17-31(2)3)24-10-6-7-11-25(24)37-27/h6-16,20,26-27H,4-5,17-19H2,1-3H3/t26-,27+/m1/s1. The molecule has 4 rings (SSSR count). The fourth-order valence-corrected chi connectivity index (χ4v) is 5.34. The summed E-state index contributed by atoms with van der Waals surface area (Å²) in [5.41, 5.74) is 2.01. The van der Waals surface area contributed by atoms with E-state index in [2.05, 4.69) is 11.9 Å². The first-order valence-corrected chi connectivity index (χ1v) is 13.4. The zero-order valence-electron chi connectivity index (χ0n) is 21.5. The lowest BCUT2D eigenvalue weighted by atomic mass is 10.1. The van der Waals surface area contributed by atoms with Gasteiger partial charge in [0.2, 0.25) is 0 Å². The Balaban J connectivity index is 1.70. The predicted octanol–water partition coefficient (Wildman–Crippen LogP) is 5.23. The van der Waals surface area contributed by atoms with Crippen LogP contribution in [0.3, 0.4) is 0 Å². The van der Waals surface area contributed by atoms with Crippen molar-refractivity contribution in [3.05, 3.63) is 84.2 Å². The molecule has 0 saturated heterocycles. The Labute approximate surface area is 222 Å². The lowest BCUT2D eigenvalue weighted by molar-refractivity contribution is -0.127. The SMILES string of the molecule is CCCCOc1ccc([C@@H]2Sc3ccccc3N(CCN(C)C)C(=O)[C@@H]2OC(=O)c2cccnc2)cc1. The van der Waals surface area contributed by atoms with Crippen molar-refractivity contribution >= 4 is 29.3 Å². The van der Waals surface area contributed by atoms with Crippen LogP contribution in [0.25, 0.3) is 0 Å². The van der Waals surface area contributed by atoms with E-state index in [4.69, 9.17) is 9.47 Å². The average Bonchev–Trinajstić information content (AvgIpc) is 3.03. The van der Waals surface area contributed by atoms with Crippen molar-refractivity contribution < 1.29 is 19.1 Å². The Bertz CT molecular complexity index is 1190. The number of anilines is 1. The van der Waals surface area contributed by atoms with Gasteiger partial charge in [-0.15, -0.1) is 11.8 Å². The summed E-state index contributed by atoms with van der Waals surface area (Å²) in [7, 11) is 3.94. The molecule has 2 aromatic carbocycles. The second-order valence-corrected chi connectivity index (χ2v) is 10.3. The molecular formula is C29H33N3O4S. The van der Waals surface area contributed by atoms with E-state index in [9.17, 15) is 9.59 Å². The number of nitrogens with zero attached hydrogens (tertiary/aromatic N) is 3. The molecule has 1 aliphatic rings. The highest BCUT2D eigenvalue weighted by molar-refractivity contribution is 7.99. The van der Waals surface area contributed by atoms with Gasteiger partial charge in [-0.05, 0) is 62.5 Å². The molecule has 0 spiro atoms. The molecule has 37 heavy (non-hydrogen) atoms. The first-order chi connectivity index (χ1) is 18.0. The number of amides is 1. The topological polar surface area (TPSA) is 72.0 Å². The fourth-order valence-electron chi connectivity index (χ4n) is 4.02. The van der Waals surface area contributed by atoms with Crippen LogP contribution >= 0.6 is 11.8 Å².